The summed E-state index contributed by atoms with van der Waals surface area (Å²) < 4.78 is 27.5. The van der Waals surface area contributed by atoms with Gasteiger partial charge in [-0.2, -0.15) is 0 Å². The Bertz CT molecular complexity index is 1060. The van der Waals surface area contributed by atoms with Crippen LogP contribution in [0.5, 0.6) is 0 Å². The van der Waals surface area contributed by atoms with Gasteiger partial charge in [-0.15, -0.1) is 0 Å². The number of carbonyl (C=O) groups is 1. The van der Waals surface area contributed by atoms with E-state index < -0.39 is 10.0 Å². The second-order valence-corrected chi connectivity index (χ2v) is 8.39. The number of nitrogens with one attached hydrogen (secondary N) is 2. The van der Waals surface area contributed by atoms with Gasteiger partial charge < -0.3 is 5.32 Å². The van der Waals surface area contributed by atoms with Crippen LogP contribution >= 0.6 is 0 Å². The number of benzene rings is 2. The molecule has 0 saturated carbocycles. The summed E-state index contributed by atoms with van der Waals surface area (Å²) in [6.45, 7) is 4.02. The Labute approximate surface area is 171 Å². The molecule has 0 fully saturated rings. The monoisotopic (exact) mass is 409 g/mol. The first kappa shape index (κ1) is 20.5. The van der Waals surface area contributed by atoms with Gasteiger partial charge in [-0.05, 0) is 55.3 Å². The first-order chi connectivity index (χ1) is 13.9. The lowest BCUT2D eigenvalue weighted by Gasteiger charge is -2.18. The van der Waals surface area contributed by atoms with Crippen LogP contribution < -0.4 is 10.0 Å². The fraction of sp³-hybridized carbons (Fsp3) is 0.182. The summed E-state index contributed by atoms with van der Waals surface area (Å²) in [5.74, 6) is -0.247. The Balaban J connectivity index is 1.71. The number of carbonyl (C=O) groups excluding carboxylic acids is 1. The van der Waals surface area contributed by atoms with E-state index in [0.29, 0.717) is 11.3 Å². The van der Waals surface area contributed by atoms with Crippen LogP contribution in [0.1, 0.15) is 40.9 Å². The molecule has 0 radical (unpaired) electrons. The number of hydrogen-bond acceptors (Lipinski definition) is 4. The van der Waals surface area contributed by atoms with Crippen LogP contribution in [-0.4, -0.2) is 19.3 Å². The van der Waals surface area contributed by atoms with E-state index >= 15 is 0 Å². The number of aromatic nitrogens is 1. The molecule has 0 spiro atoms. The van der Waals surface area contributed by atoms with Crippen LogP contribution in [0.2, 0.25) is 0 Å². The molecule has 1 heterocycles. The quantitative estimate of drug-likeness (QED) is 0.616. The van der Waals surface area contributed by atoms with Gasteiger partial charge in [0.15, 0.2) is 0 Å². The topological polar surface area (TPSA) is 88.2 Å². The average molecular weight is 410 g/mol. The van der Waals surface area contributed by atoms with Crippen LogP contribution in [0.25, 0.3) is 0 Å². The van der Waals surface area contributed by atoms with Crippen molar-refractivity contribution in [2.24, 2.45) is 0 Å². The molecule has 0 saturated heterocycles. The zero-order valence-corrected chi connectivity index (χ0v) is 17.1. The fourth-order valence-electron chi connectivity index (χ4n) is 2.88. The van der Waals surface area contributed by atoms with Crippen molar-refractivity contribution in [2.75, 3.05) is 4.72 Å². The molecule has 2 aromatic carbocycles. The zero-order valence-electron chi connectivity index (χ0n) is 16.3. The Morgan fingerprint density at radius 1 is 0.966 bits per heavy atom. The Morgan fingerprint density at radius 2 is 1.59 bits per heavy atom. The minimum atomic E-state index is -3.74. The summed E-state index contributed by atoms with van der Waals surface area (Å²) >= 11 is 0. The Morgan fingerprint density at radius 3 is 2.17 bits per heavy atom. The van der Waals surface area contributed by atoms with E-state index in [9.17, 15) is 13.2 Å². The highest BCUT2D eigenvalue weighted by atomic mass is 32.2. The summed E-state index contributed by atoms with van der Waals surface area (Å²) in [5, 5.41) is 3.01. The van der Waals surface area contributed by atoms with Gasteiger partial charge in [-0.3, -0.25) is 14.5 Å². The number of nitrogens with zero attached hydrogens (tertiary/aromatic N) is 1. The number of amides is 1. The van der Waals surface area contributed by atoms with Gasteiger partial charge in [-0.25, -0.2) is 8.42 Å². The van der Waals surface area contributed by atoms with Gasteiger partial charge >= 0.3 is 0 Å². The number of sulfonamides is 1. The number of pyridine rings is 1. The molecular formula is C22H23N3O3S. The maximum atomic E-state index is 12.6. The van der Waals surface area contributed by atoms with Crippen molar-refractivity contribution in [3.05, 3.63) is 89.7 Å². The maximum absolute atomic E-state index is 12.6. The molecule has 1 atom stereocenters. The van der Waals surface area contributed by atoms with Crippen LogP contribution in [0.4, 0.5) is 5.69 Å². The first-order valence-corrected chi connectivity index (χ1v) is 10.8. The largest absolute Gasteiger partial charge is 0.345 e. The van der Waals surface area contributed by atoms with Gasteiger partial charge in [0.1, 0.15) is 0 Å². The highest BCUT2D eigenvalue weighted by Gasteiger charge is 2.17. The predicted octanol–water partition coefficient (Wildman–Crippen LogP) is 4.07. The van der Waals surface area contributed by atoms with Crippen molar-refractivity contribution >= 4 is 21.6 Å². The van der Waals surface area contributed by atoms with Gasteiger partial charge in [-0.1, -0.05) is 36.8 Å². The van der Waals surface area contributed by atoms with Crippen molar-refractivity contribution < 1.29 is 13.2 Å². The van der Waals surface area contributed by atoms with Crippen molar-refractivity contribution in [1.29, 1.82) is 0 Å². The normalized spacial score (nSPS) is 12.2. The number of aryl methyl sites for hydroxylation is 1. The zero-order chi connectivity index (χ0) is 20.9. The van der Waals surface area contributed by atoms with E-state index in [4.69, 9.17) is 0 Å². The highest BCUT2D eigenvalue weighted by Crippen LogP contribution is 2.19. The van der Waals surface area contributed by atoms with E-state index in [-0.39, 0.29) is 16.8 Å². The molecule has 2 N–H and O–H groups in total. The first-order valence-electron chi connectivity index (χ1n) is 9.29. The number of hydrogen-bond donors (Lipinski definition) is 2. The van der Waals surface area contributed by atoms with Crippen LogP contribution in [-0.2, 0) is 10.0 Å². The van der Waals surface area contributed by atoms with Crippen molar-refractivity contribution in [3.63, 3.8) is 0 Å². The molecular weight excluding hydrogens is 386 g/mol. The third-order valence-electron chi connectivity index (χ3n) is 4.55. The van der Waals surface area contributed by atoms with Crippen molar-refractivity contribution in [3.8, 4) is 0 Å². The lowest BCUT2D eigenvalue weighted by molar-refractivity contribution is 0.0935. The molecule has 29 heavy (non-hydrogen) atoms. The molecule has 0 bridgehead atoms. The van der Waals surface area contributed by atoms with E-state index in [1.807, 2.05) is 38.1 Å². The Hall–Kier alpha value is -3.19. The SMILES string of the molecule is CC[C@H](NC(=O)c1ccc(S(=O)(=O)Nc2ccncc2)cc1)c1ccc(C)cc1. The predicted molar refractivity (Wildman–Crippen MR) is 113 cm³/mol. The molecule has 0 aliphatic rings. The van der Waals surface area contributed by atoms with E-state index in [0.717, 1.165) is 17.5 Å². The van der Waals surface area contributed by atoms with Crippen LogP contribution in [0.3, 0.4) is 0 Å². The molecule has 0 aliphatic heterocycles. The van der Waals surface area contributed by atoms with Gasteiger partial charge in [0.25, 0.3) is 15.9 Å². The van der Waals surface area contributed by atoms with E-state index in [1.165, 1.54) is 36.7 Å². The second kappa shape index (κ2) is 8.87. The number of rotatable bonds is 7. The summed E-state index contributed by atoms with van der Waals surface area (Å²) in [5.41, 5.74) is 3.02. The average Bonchev–Trinajstić information content (AvgIpc) is 2.73. The molecule has 3 aromatic rings. The van der Waals surface area contributed by atoms with Crippen molar-refractivity contribution in [1.82, 2.24) is 10.3 Å². The molecule has 1 amide bonds. The second-order valence-electron chi connectivity index (χ2n) is 6.71. The van der Waals surface area contributed by atoms with Gasteiger partial charge in [0.2, 0.25) is 0 Å². The third-order valence-corrected chi connectivity index (χ3v) is 5.95. The molecule has 0 aliphatic carbocycles. The molecule has 1 aromatic heterocycles. The summed E-state index contributed by atoms with van der Waals surface area (Å²) in [7, 11) is -3.74. The molecule has 150 valence electrons. The lowest BCUT2D eigenvalue weighted by atomic mass is 10.0. The molecule has 0 unspecified atom stereocenters. The lowest BCUT2D eigenvalue weighted by Crippen LogP contribution is -2.28. The van der Waals surface area contributed by atoms with Crippen LogP contribution in [0.15, 0.2) is 78.0 Å². The molecule has 7 heteroatoms. The minimum Gasteiger partial charge on any atom is -0.345 e. The maximum Gasteiger partial charge on any atom is 0.261 e. The van der Waals surface area contributed by atoms with Crippen molar-refractivity contribution in [2.45, 2.75) is 31.2 Å². The fourth-order valence-corrected chi connectivity index (χ4v) is 3.94. The summed E-state index contributed by atoms with van der Waals surface area (Å²) in [4.78, 5) is 16.6. The van der Waals surface area contributed by atoms with E-state index in [1.54, 1.807) is 12.1 Å². The highest BCUT2D eigenvalue weighted by molar-refractivity contribution is 7.92. The Kier molecular flexibility index (Phi) is 6.29. The summed E-state index contributed by atoms with van der Waals surface area (Å²) in [6, 6.07) is 16.9. The summed E-state index contributed by atoms with van der Waals surface area (Å²) in [6.07, 6.45) is 3.75. The van der Waals surface area contributed by atoms with E-state index in [2.05, 4.69) is 15.0 Å². The van der Waals surface area contributed by atoms with Crippen LogP contribution in [0, 0.1) is 6.92 Å². The number of anilines is 1. The standard InChI is InChI=1S/C22H23N3O3S/c1-3-21(17-6-4-16(2)5-7-17)24-22(26)18-8-10-20(11-9-18)29(27,28)25-19-12-14-23-15-13-19/h4-15,21H,3H2,1-2H3,(H,23,25)(H,24,26)/t21-/m0/s1. The molecule has 3 rings (SSSR count). The smallest absolute Gasteiger partial charge is 0.261 e. The minimum absolute atomic E-state index is 0.0800. The van der Waals surface area contributed by atoms with Gasteiger partial charge in [0, 0.05) is 18.0 Å². The van der Waals surface area contributed by atoms with Gasteiger partial charge in [0.05, 0.1) is 16.6 Å². The third kappa shape index (κ3) is 5.20. The molecule has 6 nitrogen and oxygen atoms in total.